The molecule has 16 heavy (non-hydrogen) atoms. The highest BCUT2D eigenvalue weighted by Gasteiger charge is 2.08. The fourth-order valence-electron chi connectivity index (χ4n) is 1.66. The molecule has 0 saturated heterocycles. The molecule has 0 aromatic carbocycles. The Hall–Kier alpha value is -1.35. The summed E-state index contributed by atoms with van der Waals surface area (Å²) in [6.07, 6.45) is 8.51. The molecule has 1 heterocycles. The molecule has 0 aliphatic heterocycles. The lowest BCUT2D eigenvalue weighted by Gasteiger charge is -2.17. The largest absolute Gasteiger partial charge is 0.398 e. The Balaban J connectivity index is 2.60. The smallest absolute Gasteiger partial charge is 0.0378 e. The minimum atomic E-state index is 0.406. The van der Waals surface area contributed by atoms with Gasteiger partial charge in [0, 0.05) is 24.1 Å². The Morgan fingerprint density at radius 1 is 1.62 bits per heavy atom. The predicted octanol–water partition coefficient (Wildman–Crippen LogP) is 2.15. The third kappa shape index (κ3) is 4.03. The maximum atomic E-state index is 5.90. The summed E-state index contributed by atoms with van der Waals surface area (Å²) in [6.45, 7) is 6.98. The van der Waals surface area contributed by atoms with E-state index < -0.39 is 0 Å². The molecule has 88 valence electrons. The highest BCUT2D eigenvalue weighted by atomic mass is 14.9. The second-order valence-corrected chi connectivity index (χ2v) is 3.95. The number of nitrogens with zero attached hydrogens (tertiary/aromatic N) is 1. The number of rotatable bonds is 7. The number of anilines is 1. The molecule has 0 amide bonds. The van der Waals surface area contributed by atoms with Gasteiger partial charge in [-0.1, -0.05) is 13.0 Å². The standard InChI is InChI=1S/C13H21N3/c1-3-5-12(16-7-4-2)9-11-10-15-8-6-13(11)14/h3,6,8,10,12,16H,1,4-5,7,9H2,2H3,(H2,14,15). The number of nitrogens with two attached hydrogens (primary N) is 1. The third-order valence-electron chi connectivity index (χ3n) is 2.54. The van der Waals surface area contributed by atoms with Crippen molar-refractivity contribution in [1.29, 1.82) is 0 Å². The molecule has 0 fully saturated rings. The fourth-order valence-corrected chi connectivity index (χ4v) is 1.66. The summed E-state index contributed by atoms with van der Waals surface area (Å²) >= 11 is 0. The van der Waals surface area contributed by atoms with Crippen LogP contribution in [0.3, 0.4) is 0 Å². The lowest BCUT2D eigenvalue weighted by atomic mass is 10.0. The molecule has 0 bridgehead atoms. The van der Waals surface area contributed by atoms with Crippen LogP contribution in [0.15, 0.2) is 31.1 Å². The van der Waals surface area contributed by atoms with E-state index in [4.69, 9.17) is 5.73 Å². The maximum absolute atomic E-state index is 5.90. The first-order valence-electron chi connectivity index (χ1n) is 5.80. The molecule has 1 rings (SSSR count). The van der Waals surface area contributed by atoms with Crippen molar-refractivity contribution in [2.45, 2.75) is 32.2 Å². The topological polar surface area (TPSA) is 50.9 Å². The van der Waals surface area contributed by atoms with E-state index in [9.17, 15) is 0 Å². The Morgan fingerprint density at radius 2 is 2.44 bits per heavy atom. The van der Waals surface area contributed by atoms with Crippen LogP contribution in [-0.2, 0) is 6.42 Å². The van der Waals surface area contributed by atoms with Crippen LogP contribution >= 0.6 is 0 Å². The average molecular weight is 219 g/mol. The van der Waals surface area contributed by atoms with Gasteiger partial charge >= 0.3 is 0 Å². The Labute approximate surface area is 97.8 Å². The lowest BCUT2D eigenvalue weighted by Crippen LogP contribution is -2.31. The van der Waals surface area contributed by atoms with Gasteiger partial charge in [0.25, 0.3) is 0 Å². The first kappa shape index (κ1) is 12.7. The first-order chi connectivity index (χ1) is 7.77. The summed E-state index contributed by atoms with van der Waals surface area (Å²) in [4.78, 5) is 4.11. The SMILES string of the molecule is C=CCC(Cc1cnccc1N)NCCC. The van der Waals surface area contributed by atoms with Crippen LogP contribution in [0.4, 0.5) is 5.69 Å². The zero-order valence-corrected chi connectivity index (χ0v) is 9.95. The summed E-state index contributed by atoms with van der Waals surface area (Å²) in [5.74, 6) is 0. The van der Waals surface area contributed by atoms with Crippen molar-refractivity contribution in [3.05, 3.63) is 36.7 Å². The molecule has 3 nitrogen and oxygen atoms in total. The monoisotopic (exact) mass is 219 g/mol. The molecule has 1 unspecified atom stereocenters. The molecule has 0 saturated carbocycles. The molecule has 1 atom stereocenters. The van der Waals surface area contributed by atoms with Gasteiger partial charge in [-0.05, 0) is 37.4 Å². The van der Waals surface area contributed by atoms with Crippen molar-refractivity contribution in [2.24, 2.45) is 0 Å². The van der Waals surface area contributed by atoms with Crippen molar-refractivity contribution in [3.63, 3.8) is 0 Å². The van der Waals surface area contributed by atoms with Crippen molar-refractivity contribution < 1.29 is 0 Å². The van der Waals surface area contributed by atoms with E-state index >= 15 is 0 Å². The van der Waals surface area contributed by atoms with E-state index in [1.165, 1.54) is 0 Å². The van der Waals surface area contributed by atoms with Crippen molar-refractivity contribution in [2.75, 3.05) is 12.3 Å². The van der Waals surface area contributed by atoms with Gasteiger partial charge in [0.05, 0.1) is 0 Å². The zero-order chi connectivity index (χ0) is 11.8. The van der Waals surface area contributed by atoms with Gasteiger partial charge in [0.2, 0.25) is 0 Å². The Bertz CT molecular complexity index is 323. The predicted molar refractivity (Wildman–Crippen MR) is 69.2 cm³/mol. The van der Waals surface area contributed by atoms with Gasteiger partial charge in [-0.2, -0.15) is 0 Å². The van der Waals surface area contributed by atoms with Crippen LogP contribution in [0.2, 0.25) is 0 Å². The summed E-state index contributed by atoms with van der Waals surface area (Å²) in [7, 11) is 0. The fraction of sp³-hybridized carbons (Fsp3) is 0.462. The number of nitrogen functional groups attached to an aromatic ring is 1. The second-order valence-electron chi connectivity index (χ2n) is 3.95. The van der Waals surface area contributed by atoms with E-state index in [0.29, 0.717) is 6.04 Å². The molecule has 0 spiro atoms. The number of pyridine rings is 1. The van der Waals surface area contributed by atoms with Crippen LogP contribution in [-0.4, -0.2) is 17.6 Å². The summed E-state index contributed by atoms with van der Waals surface area (Å²) in [5.41, 5.74) is 7.83. The van der Waals surface area contributed by atoms with Gasteiger partial charge in [-0.15, -0.1) is 6.58 Å². The number of nitrogens with one attached hydrogen (secondary N) is 1. The molecule has 3 heteroatoms. The molecule has 0 aliphatic rings. The first-order valence-corrected chi connectivity index (χ1v) is 5.80. The maximum Gasteiger partial charge on any atom is 0.0378 e. The van der Waals surface area contributed by atoms with Crippen LogP contribution in [0.25, 0.3) is 0 Å². The van der Waals surface area contributed by atoms with Gasteiger partial charge in [-0.25, -0.2) is 0 Å². The van der Waals surface area contributed by atoms with E-state index in [2.05, 4.69) is 23.8 Å². The lowest BCUT2D eigenvalue weighted by molar-refractivity contribution is 0.512. The number of aromatic nitrogens is 1. The van der Waals surface area contributed by atoms with E-state index in [1.807, 2.05) is 18.3 Å². The molecular formula is C13H21N3. The average Bonchev–Trinajstić information content (AvgIpc) is 2.29. The summed E-state index contributed by atoms with van der Waals surface area (Å²) in [6, 6.07) is 2.25. The highest BCUT2D eigenvalue weighted by Crippen LogP contribution is 2.12. The third-order valence-corrected chi connectivity index (χ3v) is 2.54. The van der Waals surface area contributed by atoms with Crippen LogP contribution < -0.4 is 11.1 Å². The molecule has 1 aromatic heterocycles. The van der Waals surface area contributed by atoms with Gasteiger partial charge < -0.3 is 11.1 Å². The summed E-state index contributed by atoms with van der Waals surface area (Å²) < 4.78 is 0. The quantitative estimate of drug-likeness (QED) is 0.691. The van der Waals surface area contributed by atoms with E-state index in [1.54, 1.807) is 6.20 Å². The zero-order valence-electron chi connectivity index (χ0n) is 9.95. The molecule has 0 radical (unpaired) electrons. The Morgan fingerprint density at radius 3 is 3.06 bits per heavy atom. The van der Waals surface area contributed by atoms with Crippen molar-refractivity contribution in [1.82, 2.24) is 10.3 Å². The normalized spacial score (nSPS) is 12.3. The minimum absolute atomic E-state index is 0.406. The van der Waals surface area contributed by atoms with Crippen molar-refractivity contribution in [3.8, 4) is 0 Å². The summed E-state index contributed by atoms with van der Waals surface area (Å²) in [5, 5.41) is 3.49. The highest BCUT2D eigenvalue weighted by molar-refractivity contribution is 5.44. The van der Waals surface area contributed by atoms with Crippen LogP contribution in [0.5, 0.6) is 0 Å². The van der Waals surface area contributed by atoms with Crippen LogP contribution in [0.1, 0.15) is 25.3 Å². The van der Waals surface area contributed by atoms with Gasteiger partial charge in [-0.3, -0.25) is 4.98 Å². The molecule has 3 N–H and O–H groups in total. The molecular weight excluding hydrogens is 198 g/mol. The van der Waals surface area contributed by atoms with E-state index in [0.717, 1.165) is 37.1 Å². The number of hydrogen-bond acceptors (Lipinski definition) is 3. The van der Waals surface area contributed by atoms with E-state index in [-0.39, 0.29) is 0 Å². The second kappa shape index (κ2) is 7.01. The Kier molecular flexibility index (Phi) is 5.57. The van der Waals surface area contributed by atoms with Crippen LogP contribution in [0, 0.1) is 0 Å². The van der Waals surface area contributed by atoms with Crippen molar-refractivity contribution >= 4 is 5.69 Å². The minimum Gasteiger partial charge on any atom is -0.398 e. The molecule has 0 aliphatic carbocycles. The van der Waals surface area contributed by atoms with Gasteiger partial charge in [0.1, 0.15) is 0 Å². The number of hydrogen-bond donors (Lipinski definition) is 2. The molecule has 1 aromatic rings. The van der Waals surface area contributed by atoms with Gasteiger partial charge in [0.15, 0.2) is 0 Å².